The highest BCUT2D eigenvalue weighted by Gasteiger charge is 2.33. The predicted octanol–water partition coefficient (Wildman–Crippen LogP) is 3.85. The first-order chi connectivity index (χ1) is 8.78. The van der Waals surface area contributed by atoms with E-state index in [-0.39, 0.29) is 21.0 Å². The maximum atomic E-state index is 12.1. The lowest BCUT2D eigenvalue weighted by molar-refractivity contribution is -0.274. The smallest absolute Gasteiger partial charge is 0.405 e. The van der Waals surface area contributed by atoms with Gasteiger partial charge in [-0.3, -0.25) is 4.79 Å². The summed E-state index contributed by atoms with van der Waals surface area (Å²) in [5, 5.41) is 0. The van der Waals surface area contributed by atoms with Gasteiger partial charge in [-0.15, -0.1) is 13.2 Å². The Labute approximate surface area is 124 Å². The predicted molar refractivity (Wildman–Crippen MR) is 70.5 cm³/mol. The van der Waals surface area contributed by atoms with Crippen LogP contribution in [0.1, 0.15) is 6.42 Å². The molecule has 3 nitrogen and oxygen atoms in total. The van der Waals surface area contributed by atoms with E-state index in [1.54, 1.807) is 0 Å². The van der Waals surface area contributed by atoms with Crippen molar-refractivity contribution < 1.29 is 22.7 Å². The summed E-state index contributed by atoms with van der Waals surface area (Å²) in [6, 6.07) is 4.04. The molecule has 0 N–H and O–H groups in total. The molecule has 0 bridgehead atoms. The molecule has 0 aliphatic carbocycles. The number of ether oxygens (including phenoxy) is 1. The molecule has 1 saturated heterocycles. The van der Waals surface area contributed by atoms with E-state index in [1.165, 1.54) is 23.1 Å². The van der Waals surface area contributed by atoms with Crippen molar-refractivity contribution in [2.75, 3.05) is 11.4 Å². The summed E-state index contributed by atoms with van der Waals surface area (Å²) in [7, 11) is 0. The monoisotopic (exact) mass is 401 g/mol. The van der Waals surface area contributed by atoms with E-state index in [0.29, 0.717) is 18.7 Å². The fourth-order valence-corrected chi connectivity index (χ4v) is 2.67. The van der Waals surface area contributed by atoms with Crippen LogP contribution in [-0.2, 0) is 4.79 Å². The van der Waals surface area contributed by atoms with Crippen LogP contribution >= 0.6 is 31.9 Å². The van der Waals surface area contributed by atoms with E-state index in [2.05, 4.69) is 36.6 Å². The largest absolute Gasteiger partial charge is 0.573 e. The van der Waals surface area contributed by atoms with Gasteiger partial charge < -0.3 is 9.64 Å². The maximum Gasteiger partial charge on any atom is 0.573 e. The Balaban J connectivity index is 2.22. The van der Waals surface area contributed by atoms with Crippen LogP contribution in [0.25, 0.3) is 0 Å². The quantitative estimate of drug-likeness (QED) is 0.703. The first kappa shape index (κ1) is 14.6. The lowest BCUT2D eigenvalue weighted by atomic mass is 10.3. The molecular formula is C11H8Br2F3NO2. The van der Waals surface area contributed by atoms with Crippen LogP contribution < -0.4 is 9.64 Å². The van der Waals surface area contributed by atoms with Gasteiger partial charge in [0.05, 0.1) is 9.30 Å². The second-order valence-electron chi connectivity index (χ2n) is 3.91. The van der Waals surface area contributed by atoms with Gasteiger partial charge >= 0.3 is 6.36 Å². The van der Waals surface area contributed by atoms with Gasteiger partial charge in [0.25, 0.3) is 0 Å². The van der Waals surface area contributed by atoms with Crippen molar-refractivity contribution in [2.45, 2.75) is 17.6 Å². The summed E-state index contributed by atoms with van der Waals surface area (Å²) >= 11 is 6.24. The minimum absolute atomic E-state index is 0.101. The third-order valence-electron chi connectivity index (χ3n) is 2.59. The zero-order valence-corrected chi connectivity index (χ0v) is 12.5. The van der Waals surface area contributed by atoms with Gasteiger partial charge in [0.2, 0.25) is 5.91 Å². The molecule has 1 aliphatic heterocycles. The lowest BCUT2D eigenvalue weighted by Crippen LogP contribution is -2.27. The van der Waals surface area contributed by atoms with Crippen LogP contribution in [-0.4, -0.2) is 23.6 Å². The van der Waals surface area contributed by atoms with Crippen molar-refractivity contribution in [3.05, 3.63) is 22.7 Å². The van der Waals surface area contributed by atoms with Gasteiger partial charge in [-0.25, -0.2) is 0 Å². The molecule has 1 amide bonds. The van der Waals surface area contributed by atoms with Crippen LogP contribution in [0, 0.1) is 0 Å². The summed E-state index contributed by atoms with van der Waals surface area (Å²) in [5.74, 6) is -0.435. The van der Waals surface area contributed by atoms with Crippen molar-refractivity contribution in [1.82, 2.24) is 0 Å². The van der Waals surface area contributed by atoms with Gasteiger partial charge in [-0.1, -0.05) is 15.9 Å². The molecule has 1 aromatic rings. The number of benzene rings is 1. The molecule has 1 aliphatic rings. The van der Waals surface area contributed by atoms with Gasteiger partial charge in [-0.2, -0.15) is 0 Å². The molecule has 1 atom stereocenters. The maximum absolute atomic E-state index is 12.1. The lowest BCUT2D eigenvalue weighted by Gasteiger charge is -2.18. The molecule has 0 saturated carbocycles. The number of carbonyl (C=O) groups is 1. The van der Waals surface area contributed by atoms with E-state index >= 15 is 0 Å². The zero-order valence-electron chi connectivity index (χ0n) is 9.38. The molecule has 0 spiro atoms. The highest BCUT2D eigenvalue weighted by atomic mass is 79.9. The van der Waals surface area contributed by atoms with Crippen molar-refractivity contribution in [1.29, 1.82) is 0 Å². The van der Waals surface area contributed by atoms with Gasteiger partial charge in [0.1, 0.15) is 5.75 Å². The Morgan fingerprint density at radius 3 is 2.53 bits per heavy atom. The summed E-state index contributed by atoms with van der Waals surface area (Å²) < 4.78 is 40.4. The summed E-state index contributed by atoms with van der Waals surface area (Å²) in [6.07, 6.45) is -4.08. The van der Waals surface area contributed by atoms with Crippen LogP contribution in [0.15, 0.2) is 22.7 Å². The van der Waals surface area contributed by atoms with Gasteiger partial charge in [0.15, 0.2) is 0 Å². The number of nitrogens with zero attached hydrogens (tertiary/aromatic N) is 1. The Hall–Kier alpha value is -0.760. The first-order valence-corrected chi connectivity index (χ1v) is 6.99. The summed E-state index contributed by atoms with van der Waals surface area (Å²) in [5.41, 5.74) is 0.536. The number of amides is 1. The molecule has 104 valence electrons. The third-order valence-corrected chi connectivity index (χ3v) is 4.06. The van der Waals surface area contributed by atoms with E-state index in [4.69, 9.17) is 0 Å². The highest BCUT2D eigenvalue weighted by molar-refractivity contribution is 9.10. The van der Waals surface area contributed by atoms with E-state index in [1.807, 2.05) is 0 Å². The van der Waals surface area contributed by atoms with Crippen molar-refractivity contribution in [2.24, 2.45) is 0 Å². The molecule has 0 aromatic heterocycles. The normalized spacial score (nSPS) is 19.9. The topological polar surface area (TPSA) is 29.5 Å². The van der Waals surface area contributed by atoms with E-state index < -0.39 is 6.36 Å². The Morgan fingerprint density at radius 1 is 1.37 bits per heavy atom. The second-order valence-corrected chi connectivity index (χ2v) is 5.87. The number of halogens is 5. The van der Waals surface area contributed by atoms with Gasteiger partial charge in [-0.05, 0) is 40.5 Å². The van der Waals surface area contributed by atoms with E-state index in [9.17, 15) is 18.0 Å². The first-order valence-electron chi connectivity index (χ1n) is 5.28. The standard InChI is InChI=1S/C11H8Br2F3NO2/c12-7-3-4-17(10(7)18)6-1-2-9(8(13)5-6)19-11(14,15)16/h1-2,5,7H,3-4H2. The average Bonchev–Trinajstić information content (AvgIpc) is 2.61. The molecule has 1 heterocycles. The summed E-state index contributed by atoms with van der Waals surface area (Å²) in [6.45, 7) is 0.528. The van der Waals surface area contributed by atoms with E-state index in [0.717, 1.165) is 0 Å². The number of anilines is 1. The Morgan fingerprint density at radius 2 is 2.05 bits per heavy atom. The number of hydrogen-bond acceptors (Lipinski definition) is 2. The minimum Gasteiger partial charge on any atom is -0.405 e. The van der Waals surface area contributed by atoms with Gasteiger partial charge in [0, 0.05) is 12.2 Å². The molecule has 0 radical (unpaired) electrons. The molecular weight excluding hydrogens is 395 g/mol. The zero-order chi connectivity index (χ0) is 14.2. The number of carbonyl (C=O) groups excluding carboxylic acids is 1. The van der Waals surface area contributed by atoms with Crippen LogP contribution in [0.2, 0.25) is 0 Å². The molecule has 2 rings (SSSR count). The minimum atomic E-state index is -4.74. The molecule has 1 fully saturated rings. The van der Waals surface area contributed by atoms with Crippen molar-refractivity contribution >= 4 is 43.5 Å². The van der Waals surface area contributed by atoms with Crippen LogP contribution in [0.5, 0.6) is 5.75 Å². The summed E-state index contributed by atoms with van der Waals surface area (Å²) in [4.78, 5) is 13.1. The fraction of sp³-hybridized carbons (Fsp3) is 0.364. The third kappa shape index (κ3) is 3.42. The van der Waals surface area contributed by atoms with Crippen molar-refractivity contribution in [3.8, 4) is 5.75 Å². The number of hydrogen-bond donors (Lipinski definition) is 0. The number of rotatable bonds is 2. The Kier molecular flexibility index (Phi) is 4.10. The fourth-order valence-electron chi connectivity index (χ4n) is 1.77. The van der Waals surface area contributed by atoms with Crippen molar-refractivity contribution in [3.63, 3.8) is 0 Å². The molecule has 1 aromatic carbocycles. The number of alkyl halides is 4. The average molecular weight is 403 g/mol. The SMILES string of the molecule is O=C1C(Br)CCN1c1ccc(OC(F)(F)F)c(Br)c1. The second kappa shape index (κ2) is 5.32. The Bertz CT molecular complexity index is 507. The molecule has 19 heavy (non-hydrogen) atoms. The highest BCUT2D eigenvalue weighted by Crippen LogP contribution is 2.35. The van der Waals surface area contributed by atoms with Crippen LogP contribution in [0.4, 0.5) is 18.9 Å². The van der Waals surface area contributed by atoms with Crippen LogP contribution in [0.3, 0.4) is 0 Å². The molecule has 8 heteroatoms. The molecule has 1 unspecified atom stereocenters.